The van der Waals surface area contributed by atoms with Crippen LogP contribution in [0, 0.1) is 12.9 Å². The lowest BCUT2D eigenvalue weighted by atomic mass is 10.3. The van der Waals surface area contributed by atoms with Crippen molar-refractivity contribution in [1.29, 1.82) is 0 Å². The Morgan fingerprint density at radius 1 is 1.46 bits per heavy atom. The maximum absolute atomic E-state index is 12.9. The molecule has 1 aromatic rings. The van der Waals surface area contributed by atoms with Crippen molar-refractivity contribution >= 4 is 26.0 Å². The highest BCUT2D eigenvalue weighted by Gasteiger charge is 2.14. The Labute approximate surface area is 83.8 Å². The van der Waals surface area contributed by atoms with E-state index in [0.717, 1.165) is 6.07 Å². The topological polar surface area (TPSA) is 43.4 Å². The summed E-state index contributed by atoms with van der Waals surface area (Å²) in [6.45, 7) is 0. The summed E-state index contributed by atoms with van der Waals surface area (Å²) in [5, 5.41) is 0. The van der Waals surface area contributed by atoms with Gasteiger partial charge >= 0.3 is 0 Å². The monoisotopic (exact) mass is 267 g/mol. The maximum Gasteiger partial charge on any atom is 0.297 e. The Hall–Kier alpha value is -0.460. The van der Waals surface area contributed by atoms with Gasteiger partial charge in [-0.15, -0.1) is 0 Å². The van der Waals surface area contributed by atoms with Crippen LogP contribution in [0.25, 0.3) is 0 Å². The van der Waals surface area contributed by atoms with Crippen LogP contribution in [0.4, 0.5) is 4.39 Å². The number of rotatable bonds is 2. The summed E-state index contributed by atoms with van der Waals surface area (Å²) in [4.78, 5) is -0.261. The van der Waals surface area contributed by atoms with Gasteiger partial charge in [-0.2, -0.15) is 8.42 Å². The summed E-state index contributed by atoms with van der Waals surface area (Å²) in [7, 11) is -1.15. The van der Waals surface area contributed by atoms with Crippen LogP contribution in [0.15, 0.2) is 27.6 Å². The van der Waals surface area contributed by atoms with E-state index in [9.17, 15) is 12.8 Å². The molecule has 0 aromatic heterocycles. The lowest BCUT2D eigenvalue weighted by molar-refractivity contribution is 0.437. The molecule has 0 amide bonds. The van der Waals surface area contributed by atoms with Crippen LogP contribution in [0.3, 0.4) is 0 Å². The van der Waals surface area contributed by atoms with Gasteiger partial charge in [0.2, 0.25) is 0 Å². The predicted molar refractivity (Wildman–Crippen MR) is 47.7 cm³/mol. The lowest BCUT2D eigenvalue weighted by Crippen LogP contribution is -2.01. The zero-order chi connectivity index (χ0) is 10.1. The molecule has 1 rings (SSSR count). The molecule has 0 saturated heterocycles. The van der Waals surface area contributed by atoms with Crippen molar-refractivity contribution in [3.05, 3.63) is 35.6 Å². The highest BCUT2D eigenvalue weighted by molar-refractivity contribution is 9.10. The molecular formula is C7H5BrFO3S. The van der Waals surface area contributed by atoms with E-state index in [1.807, 2.05) is 0 Å². The molecule has 0 fully saturated rings. The normalized spacial score (nSPS) is 11.6. The van der Waals surface area contributed by atoms with Gasteiger partial charge in [-0.05, 0) is 34.1 Å². The van der Waals surface area contributed by atoms with Gasteiger partial charge in [-0.25, -0.2) is 4.39 Å². The van der Waals surface area contributed by atoms with E-state index >= 15 is 0 Å². The summed E-state index contributed by atoms with van der Waals surface area (Å²) in [6, 6.07) is 3.35. The molecule has 0 N–H and O–H groups in total. The first-order valence-electron chi connectivity index (χ1n) is 3.11. The van der Waals surface area contributed by atoms with Crippen molar-refractivity contribution in [2.75, 3.05) is 0 Å². The molecule has 0 bridgehead atoms. The Morgan fingerprint density at radius 3 is 2.54 bits per heavy atom. The van der Waals surface area contributed by atoms with Gasteiger partial charge in [-0.3, -0.25) is 4.18 Å². The first kappa shape index (κ1) is 10.6. The molecule has 0 aliphatic heterocycles. The van der Waals surface area contributed by atoms with Gasteiger partial charge in [0.05, 0.1) is 16.5 Å². The highest BCUT2D eigenvalue weighted by atomic mass is 79.9. The van der Waals surface area contributed by atoms with E-state index < -0.39 is 15.9 Å². The smallest absolute Gasteiger partial charge is 0.264 e. The van der Waals surface area contributed by atoms with Crippen LogP contribution in [0.1, 0.15) is 0 Å². The fraction of sp³-hybridized carbons (Fsp3) is 0. The number of benzene rings is 1. The summed E-state index contributed by atoms with van der Waals surface area (Å²) in [5.74, 6) is -0.668. The molecule has 0 unspecified atom stereocenters. The number of hydrogen-bond acceptors (Lipinski definition) is 3. The SMILES string of the molecule is [CH2]OS(=O)(=O)c1ccc(Br)c(F)c1. The van der Waals surface area contributed by atoms with E-state index in [1.165, 1.54) is 12.1 Å². The first-order valence-corrected chi connectivity index (χ1v) is 5.31. The van der Waals surface area contributed by atoms with E-state index in [-0.39, 0.29) is 9.37 Å². The minimum atomic E-state index is -3.91. The summed E-state index contributed by atoms with van der Waals surface area (Å²) in [5.41, 5.74) is 0. The molecule has 0 aliphatic rings. The molecule has 0 heterocycles. The second kappa shape index (κ2) is 3.73. The maximum atomic E-state index is 12.9. The lowest BCUT2D eigenvalue weighted by Gasteiger charge is -2.01. The Balaban J connectivity index is 3.27. The Kier molecular flexibility index (Phi) is 3.05. The fourth-order valence-corrected chi connectivity index (χ4v) is 1.57. The third-order valence-electron chi connectivity index (χ3n) is 1.33. The van der Waals surface area contributed by atoms with Gasteiger partial charge in [0.25, 0.3) is 10.1 Å². The highest BCUT2D eigenvalue weighted by Crippen LogP contribution is 2.20. The van der Waals surface area contributed by atoms with Crippen LogP contribution in [0.5, 0.6) is 0 Å². The van der Waals surface area contributed by atoms with Crippen LogP contribution < -0.4 is 0 Å². The molecule has 6 heteroatoms. The van der Waals surface area contributed by atoms with Gasteiger partial charge in [0, 0.05) is 0 Å². The van der Waals surface area contributed by atoms with E-state index in [1.54, 1.807) is 0 Å². The van der Waals surface area contributed by atoms with Crippen molar-refractivity contribution < 1.29 is 17.0 Å². The quantitative estimate of drug-likeness (QED) is 0.771. The Morgan fingerprint density at radius 2 is 2.08 bits per heavy atom. The van der Waals surface area contributed by atoms with E-state index in [2.05, 4.69) is 27.2 Å². The zero-order valence-electron chi connectivity index (χ0n) is 6.33. The molecule has 13 heavy (non-hydrogen) atoms. The third kappa shape index (κ3) is 2.26. The van der Waals surface area contributed by atoms with Crippen LogP contribution in [0.2, 0.25) is 0 Å². The van der Waals surface area contributed by atoms with Gasteiger partial charge in [-0.1, -0.05) is 0 Å². The molecule has 3 nitrogen and oxygen atoms in total. The Bertz CT molecular complexity index is 416. The van der Waals surface area contributed by atoms with Crippen LogP contribution in [-0.4, -0.2) is 8.42 Å². The molecular weight excluding hydrogens is 263 g/mol. The molecule has 71 valence electrons. The molecule has 1 radical (unpaired) electrons. The van der Waals surface area contributed by atoms with Crippen molar-refractivity contribution in [2.24, 2.45) is 0 Å². The van der Waals surface area contributed by atoms with Crippen molar-refractivity contribution in [1.82, 2.24) is 0 Å². The minimum absolute atomic E-state index is 0.190. The van der Waals surface area contributed by atoms with Crippen LogP contribution >= 0.6 is 15.9 Å². The summed E-state index contributed by atoms with van der Waals surface area (Å²) in [6.07, 6.45) is 0. The number of halogens is 2. The molecule has 0 atom stereocenters. The van der Waals surface area contributed by atoms with E-state index in [4.69, 9.17) is 0 Å². The van der Waals surface area contributed by atoms with Crippen molar-refractivity contribution in [2.45, 2.75) is 4.90 Å². The molecule has 0 aliphatic carbocycles. The zero-order valence-corrected chi connectivity index (χ0v) is 8.73. The second-order valence-corrected chi connectivity index (χ2v) is 4.62. The van der Waals surface area contributed by atoms with E-state index in [0.29, 0.717) is 0 Å². The summed E-state index contributed by atoms with van der Waals surface area (Å²) >= 11 is 2.89. The molecule has 0 spiro atoms. The average Bonchev–Trinajstić information content (AvgIpc) is 2.09. The van der Waals surface area contributed by atoms with Crippen LogP contribution in [-0.2, 0) is 14.3 Å². The first-order chi connectivity index (χ1) is 5.97. The largest absolute Gasteiger partial charge is 0.297 e. The standard InChI is InChI=1S/C7H5BrFO3S/c1-12-13(10,11)5-2-3-6(8)7(9)4-5/h2-4H,1H2. The van der Waals surface area contributed by atoms with Gasteiger partial charge < -0.3 is 0 Å². The fourth-order valence-electron chi connectivity index (χ4n) is 0.700. The predicted octanol–water partition coefficient (Wildman–Crippen LogP) is 2.09. The van der Waals surface area contributed by atoms with Gasteiger partial charge in [0.1, 0.15) is 5.82 Å². The van der Waals surface area contributed by atoms with Crippen molar-refractivity contribution in [3.8, 4) is 0 Å². The minimum Gasteiger partial charge on any atom is -0.264 e. The van der Waals surface area contributed by atoms with Crippen molar-refractivity contribution in [3.63, 3.8) is 0 Å². The molecule has 1 aromatic carbocycles. The van der Waals surface area contributed by atoms with Gasteiger partial charge in [0.15, 0.2) is 0 Å². The second-order valence-electron chi connectivity index (χ2n) is 2.15. The molecule has 0 saturated carbocycles. The summed E-state index contributed by atoms with van der Waals surface area (Å²) < 4.78 is 39.0. The number of hydrogen-bond donors (Lipinski definition) is 0. The average molecular weight is 268 g/mol. The third-order valence-corrected chi connectivity index (χ3v) is 3.12.